The predicted octanol–water partition coefficient (Wildman–Crippen LogP) is 2.92. The van der Waals surface area contributed by atoms with Gasteiger partial charge in [-0.05, 0) is 62.8 Å². The van der Waals surface area contributed by atoms with Gasteiger partial charge in [0.1, 0.15) is 5.82 Å². The molecular formula is C15H21FN2. The Hall–Kier alpha value is -1.09. The average molecular weight is 248 g/mol. The molecule has 18 heavy (non-hydrogen) atoms. The molecule has 2 unspecified atom stereocenters. The number of rotatable bonds is 3. The van der Waals surface area contributed by atoms with E-state index >= 15 is 0 Å². The molecule has 98 valence electrons. The topological polar surface area (TPSA) is 29.3 Å². The molecule has 0 aliphatic carbocycles. The largest absolute Gasteiger partial charge is 0.365 e. The quantitative estimate of drug-likeness (QED) is 0.891. The van der Waals surface area contributed by atoms with E-state index < -0.39 is 0 Å². The average Bonchev–Trinajstić information content (AvgIpc) is 2.62. The number of nitrogens with zero attached hydrogens (tertiary/aromatic N) is 1. The van der Waals surface area contributed by atoms with Crippen LogP contribution >= 0.6 is 0 Å². The van der Waals surface area contributed by atoms with E-state index in [2.05, 4.69) is 4.90 Å². The first-order valence-corrected chi connectivity index (χ1v) is 7.02. The highest BCUT2D eigenvalue weighted by molar-refractivity contribution is 5.50. The molecule has 2 fully saturated rings. The van der Waals surface area contributed by atoms with Crippen molar-refractivity contribution in [1.82, 2.24) is 0 Å². The molecule has 0 saturated carbocycles. The van der Waals surface area contributed by atoms with Crippen LogP contribution in [-0.2, 0) is 0 Å². The summed E-state index contributed by atoms with van der Waals surface area (Å²) in [5.74, 6) is 0.647. The second-order valence-corrected chi connectivity index (χ2v) is 5.69. The molecule has 0 radical (unpaired) electrons. The number of fused-ring (bicyclic) bond motifs is 2. The number of hydrogen-bond acceptors (Lipinski definition) is 2. The molecule has 2 nitrogen and oxygen atoms in total. The fraction of sp³-hybridized carbons (Fsp3) is 0.600. The smallest absolute Gasteiger partial charge is 0.125 e. The van der Waals surface area contributed by atoms with Crippen molar-refractivity contribution in [3.05, 3.63) is 30.1 Å². The normalized spacial score (nSPS) is 30.8. The van der Waals surface area contributed by atoms with Crippen molar-refractivity contribution in [3.8, 4) is 0 Å². The summed E-state index contributed by atoms with van der Waals surface area (Å²) in [6, 6.07) is 8.25. The molecule has 3 heteroatoms. The first-order valence-electron chi connectivity index (χ1n) is 7.02. The van der Waals surface area contributed by atoms with Gasteiger partial charge in [0.15, 0.2) is 0 Å². The van der Waals surface area contributed by atoms with E-state index in [1.807, 2.05) is 12.1 Å². The lowest BCUT2D eigenvalue weighted by Crippen LogP contribution is -2.43. The maximum absolute atomic E-state index is 13.4. The third-order valence-corrected chi connectivity index (χ3v) is 4.51. The zero-order valence-corrected chi connectivity index (χ0v) is 10.7. The number of hydrogen-bond donors (Lipinski definition) is 1. The summed E-state index contributed by atoms with van der Waals surface area (Å²) in [4.78, 5) is 2.45. The van der Waals surface area contributed by atoms with Crippen molar-refractivity contribution >= 4 is 5.69 Å². The lowest BCUT2D eigenvalue weighted by atomic mass is 9.88. The molecule has 2 atom stereocenters. The van der Waals surface area contributed by atoms with Gasteiger partial charge in [0.05, 0.1) is 0 Å². The van der Waals surface area contributed by atoms with Crippen molar-refractivity contribution in [2.75, 3.05) is 11.4 Å². The number of halogens is 1. The summed E-state index contributed by atoms with van der Waals surface area (Å²) in [7, 11) is 0. The van der Waals surface area contributed by atoms with Crippen LogP contribution in [0.5, 0.6) is 0 Å². The number of anilines is 1. The maximum atomic E-state index is 13.4. The van der Waals surface area contributed by atoms with Crippen LogP contribution in [0.25, 0.3) is 0 Å². The van der Waals surface area contributed by atoms with E-state index in [1.54, 1.807) is 6.07 Å². The summed E-state index contributed by atoms with van der Waals surface area (Å²) >= 11 is 0. The van der Waals surface area contributed by atoms with Crippen molar-refractivity contribution in [2.24, 2.45) is 11.7 Å². The molecule has 1 aromatic rings. The molecule has 3 rings (SSSR count). The second kappa shape index (κ2) is 4.88. The van der Waals surface area contributed by atoms with Crippen molar-refractivity contribution < 1.29 is 4.39 Å². The maximum Gasteiger partial charge on any atom is 0.125 e. The molecule has 2 bridgehead atoms. The van der Waals surface area contributed by atoms with Gasteiger partial charge in [0, 0.05) is 17.8 Å². The third-order valence-electron chi connectivity index (χ3n) is 4.51. The second-order valence-electron chi connectivity index (χ2n) is 5.69. The summed E-state index contributed by atoms with van der Waals surface area (Å²) in [6.45, 7) is 0.796. The monoisotopic (exact) mass is 248 g/mol. The van der Waals surface area contributed by atoms with Gasteiger partial charge >= 0.3 is 0 Å². The Morgan fingerprint density at radius 3 is 2.56 bits per heavy atom. The first-order chi connectivity index (χ1) is 8.78. The Balaban J connectivity index is 1.79. The lowest BCUT2D eigenvalue weighted by Gasteiger charge is -2.40. The number of piperidine rings is 1. The van der Waals surface area contributed by atoms with Gasteiger partial charge in [-0.1, -0.05) is 6.07 Å². The molecule has 2 aliphatic rings. The van der Waals surface area contributed by atoms with Crippen molar-refractivity contribution in [1.29, 1.82) is 0 Å². The van der Waals surface area contributed by atoms with Crippen molar-refractivity contribution in [3.63, 3.8) is 0 Å². The van der Waals surface area contributed by atoms with Crippen LogP contribution in [-0.4, -0.2) is 18.6 Å². The molecule has 0 amide bonds. The van der Waals surface area contributed by atoms with Crippen LogP contribution in [0, 0.1) is 11.7 Å². The zero-order valence-electron chi connectivity index (χ0n) is 10.7. The predicted molar refractivity (Wildman–Crippen MR) is 72.1 cm³/mol. The molecule has 2 N–H and O–H groups in total. The Labute approximate surface area is 108 Å². The van der Waals surface area contributed by atoms with E-state index in [0.717, 1.165) is 24.6 Å². The van der Waals surface area contributed by atoms with Crippen LogP contribution in [0.15, 0.2) is 24.3 Å². The Morgan fingerprint density at radius 1 is 1.22 bits per heavy atom. The molecule has 1 aromatic carbocycles. The van der Waals surface area contributed by atoms with Gasteiger partial charge < -0.3 is 10.6 Å². The van der Waals surface area contributed by atoms with Crippen LogP contribution in [0.3, 0.4) is 0 Å². The molecule has 2 saturated heterocycles. The standard InChI is InChI=1S/C15H21FN2/c16-12-2-1-3-13(10-12)18-14-4-5-15(18)9-11(8-14)6-7-17/h1-3,10-11,14-15H,4-9,17H2. The van der Waals surface area contributed by atoms with Gasteiger partial charge in [0.2, 0.25) is 0 Å². The Bertz CT molecular complexity index is 407. The number of benzene rings is 1. The summed E-state index contributed by atoms with van der Waals surface area (Å²) in [5.41, 5.74) is 6.74. The SMILES string of the molecule is NCCC1CC2CCC(C1)N2c1cccc(F)c1. The molecule has 2 heterocycles. The molecular weight excluding hydrogens is 227 g/mol. The highest BCUT2D eigenvalue weighted by atomic mass is 19.1. The minimum absolute atomic E-state index is 0.129. The molecule has 0 spiro atoms. The van der Waals surface area contributed by atoms with Gasteiger partial charge in [-0.15, -0.1) is 0 Å². The summed E-state index contributed by atoms with van der Waals surface area (Å²) in [5, 5.41) is 0. The van der Waals surface area contributed by atoms with Crippen LogP contribution in [0.2, 0.25) is 0 Å². The minimum atomic E-state index is -0.129. The van der Waals surface area contributed by atoms with Gasteiger partial charge in [0.25, 0.3) is 0 Å². The third kappa shape index (κ3) is 2.12. The highest BCUT2D eigenvalue weighted by Gasteiger charge is 2.40. The molecule has 2 aliphatic heterocycles. The van der Waals surface area contributed by atoms with Crippen LogP contribution in [0.4, 0.5) is 10.1 Å². The van der Waals surface area contributed by atoms with Crippen molar-refractivity contribution in [2.45, 2.75) is 44.2 Å². The first kappa shape index (κ1) is 12.0. The van der Waals surface area contributed by atoms with Crippen LogP contribution in [0.1, 0.15) is 32.1 Å². The van der Waals surface area contributed by atoms with Crippen LogP contribution < -0.4 is 10.6 Å². The minimum Gasteiger partial charge on any atom is -0.365 e. The Kier molecular flexibility index (Phi) is 3.25. The lowest BCUT2D eigenvalue weighted by molar-refractivity contribution is 0.326. The van der Waals surface area contributed by atoms with Gasteiger partial charge in [-0.2, -0.15) is 0 Å². The van der Waals surface area contributed by atoms with E-state index in [1.165, 1.54) is 31.7 Å². The van der Waals surface area contributed by atoms with Gasteiger partial charge in [-0.25, -0.2) is 4.39 Å². The molecule has 0 aromatic heterocycles. The highest BCUT2D eigenvalue weighted by Crippen LogP contribution is 2.42. The van der Waals surface area contributed by atoms with E-state index in [9.17, 15) is 4.39 Å². The Morgan fingerprint density at radius 2 is 1.94 bits per heavy atom. The summed E-state index contributed by atoms with van der Waals surface area (Å²) < 4.78 is 13.4. The van der Waals surface area contributed by atoms with E-state index in [0.29, 0.717) is 12.1 Å². The van der Waals surface area contributed by atoms with E-state index in [-0.39, 0.29) is 5.82 Å². The fourth-order valence-corrected chi connectivity index (χ4v) is 3.82. The van der Waals surface area contributed by atoms with E-state index in [4.69, 9.17) is 5.73 Å². The zero-order chi connectivity index (χ0) is 12.5. The fourth-order valence-electron chi connectivity index (χ4n) is 3.82. The van der Waals surface area contributed by atoms with Gasteiger partial charge in [-0.3, -0.25) is 0 Å². The number of nitrogens with two attached hydrogens (primary N) is 1. The summed E-state index contributed by atoms with van der Waals surface area (Å²) in [6.07, 6.45) is 6.10.